The Labute approximate surface area is 244 Å². The van der Waals surface area contributed by atoms with Gasteiger partial charge in [0, 0.05) is 16.4 Å². The lowest BCUT2D eigenvalue weighted by Crippen LogP contribution is -2.81. The number of benzene rings is 2. The molecular formula is C25H16Cl6O7. The Morgan fingerprint density at radius 2 is 1.71 bits per heavy atom. The quantitative estimate of drug-likeness (QED) is 0.140. The molecule has 2 fully saturated rings. The molecule has 0 saturated heterocycles. The molecule has 7 nitrogen and oxygen atoms in total. The van der Waals surface area contributed by atoms with Crippen LogP contribution in [0.4, 0.5) is 0 Å². The van der Waals surface area contributed by atoms with E-state index in [9.17, 15) is 30.0 Å². The van der Waals surface area contributed by atoms with Crippen LogP contribution >= 0.6 is 69.6 Å². The second-order valence-electron chi connectivity index (χ2n) is 10.0. The molecule has 0 spiro atoms. The molecule has 6 atom stereocenters. The molecule has 1 aromatic rings. The molecule has 1 aliphatic heterocycles. The first-order valence-corrected chi connectivity index (χ1v) is 13.7. The van der Waals surface area contributed by atoms with Crippen molar-refractivity contribution in [2.24, 2.45) is 17.3 Å². The summed E-state index contributed by atoms with van der Waals surface area (Å²) < 4.78 is 3.96. The summed E-state index contributed by atoms with van der Waals surface area (Å²) in [6.45, 7) is 0. The summed E-state index contributed by atoms with van der Waals surface area (Å²) in [4.78, 5) is 23.4. The number of alkyl halides is 4. The fraction of sp³-hybridized carbons (Fsp3) is 0.360. The van der Waals surface area contributed by atoms with Crippen molar-refractivity contribution in [2.45, 2.75) is 33.3 Å². The van der Waals surface area contributed by atoms with Gasteiger partial charge in [0.25, 0.3) is 0 Å². The molecule has 1 heterocycles. The molecule has 13 heteroatoms. The Balaban J connectivity index is 1.68. The van der Waals surface area contributed by atoms with E-state index in [-0.39, 0.29) is 45.2 Å². The number of hydrogen-bond donors (Lipinski definition) is 4. The van der Waals surface area contributed by atoms with Crippen molar-refractivity contribution >= 4 is 86.5 Å². The minimum atomic E-state index is -1.73. The minimum Gasteiger partial charge on any atom is -0.504 e. The van der Waals surface area contributed by atoms with Crippen molar-refractivity contribution in [1.82, 2.24) is 0 Å². The SMILES string of the molecule is O=C(O)[C@H]1C[C@@H]2[C@]3(C[C@H]1c1c4ccc(=O)c(O)c-4oc4c(O)c(O)ccc14)[C@@H](Cl)C(Cl)=C(Cl)[C@]2(Cl)C3(Cl)Cl. The van der Waals surface area contributed by atoms with Crippen LogP contribution in [0.1, 0.15) is 24.3 Å². The molecule has 6 rings (SSSR count). The number of phenols is 3. The average Bonchev–Trinajstić information content (AvgIpc) is 2.88. The Kier molecular flexibility index (Phi) is 5.68. The summed E-state index contributed by atoms with van der Waals surface area (Å²) >= 11 is 40.5. The molecule has 0 unspecified atom stereocenters. The first-order valence-electron chi connectivity index (χ1n) is 11.3. The number of rotatable bonds is 2. The summed E-state index contributed by atoms with van der Waals surface area (Å²) in [5, 5.41) is 40.9. The van der Waals surface area contributed by atoms with E-state index in [2.05, 4.69) is 0 Å². The molecular weight excluding hydrogens is 625 g/mol. The molecule has 4 N–H and O–H groups in total. The van der Waals surface area contributed by atoms with Gasteiger partial charge in [0.2, 0.25) is 16.9 Å². The van der Waals surface area contributed by atoms with E-state index >= 15 is 0 Å². The van der Waals surface area contributed by atoms with Gasteiger partial charge in [0.15, 0.2) is 17.1 Å². The van der Waals surface area contributed by atoms with Gasteiger partial charge in [-0.25, -0.2) is 0 Å². The number of carboxylic acid groups (broad SMARTS) is 1. The van der Waals surface area contributed by atoms with Crippen molar-refractivity contribution in [3.05, 3.63) is 50.1 Å². The highest BCUT2D eigenvalue weighted by Gasteiger charge is 2.86. The maximum atomic E-state index is 12.7. The van der Waals surface area contributed by atoms with Crippen LogP contribution in [-0.2, 0) is 4.79 Å². The summed E-state index contributed by atoms with van der Waals surface area (Å²) in [7, 11) is 0. The van der Waals surface area contributed by atoms with Crippen LogP contribution in [0.2, 0.25) is 0 Å². The molecule has 1 aromatic carbocycles. The van der Waals surface area contributed by atoms with Crippen molar-refractivity contribution in [1.29, 1.82) is 0 Å². The summed E-state index contributed by atoms with van der Waals surface area (Å²) in [6, 6.07) is 5.17. The Bertz CT molecular complexity index is 1630. The predicted molar refractivity (Wildman–Crippen MR) is 145 cm³/mol. The third-order valence-electron chi connectivity index (χ3n) is 8.56. The molecule has 4 aliphatic carbocycles. The molecule has 2 bridgehead atoms. The largest absolute Gasteiger partial charge is 0.504 e. The normalized spacial score (nSPS) is 33.7. The smallest absolute Gasteiger partial charge is 0.307 e. The fourth-order valence-corrected chi connectivity index (χ4v) is 10.0. The van der Waals surface area contributed by atoms with Gasteiger partial charge >= 0.3 is 5.97 Å². The van der Waals surface area contributed by atoms with Gasteiger partial charge in [0.1, 0.15) is 9.21 Å². The van der Waals surface area contributed by atoms with Crippen LogP contribution in [0, 0.1) is 17.3 Å². The van der Waals surface area contributed by atoms with E-state index in [0.29, 0.717) is 5.56 Å². The topological polar surface area (TPSA) is 128 Å². The van der Waals surface area contributed by atoms with Crippen LogP contribution in [0.15, 0.2) is 43.5 Å². The van der Waals surface area contributed by atoms with E-state index in [0.717, 1.165) is 6.07 Å². The standard InChI is InChI=1S/C25H16Cl6O7/c26-15-20(27)23-6-10(9(22(36)37)5-13(23)24(29,21(15)28)25(23,30)31)14-7-1-3-11(32)16(34)18(7)38-19-8(14)2-4-12(33)17(19)35/h1-4,9-10,13,20,32,34-35H,5-6H2,(H,36,37)/t9-,10+,13+,20-,23+,24-/m0/s1. The minimum absolute atomic E-state index is 0.0250. The molecule has 2 saturated carbocycles. The number of allylic oxidation sites excluding steroid dienone is 2. The zero-order valence-electron chi connectivity index (χ0n) is 18.8. The molecule has 0 amide bonds. The van der Waals surface area contributed by atoms with Gasteiger partial charge in [-0.15, -0.1) is 23.2 Å². The number of fused-ring (bicyclic) bond motifs is 2. The molecule has 38 heavy (non-hydrogen) atoms. The molecule has 5 aliphatic rings. The highest BCUT2D eigenvalue weighted by Crippen LogP contribution is 2.83. The van der Waals surface area contributed by atoms with Gasteiger partial charge in [-0.2, -0.15) is 0 Å². The summed E-state index contributed by atoms with van der Waals surface area (Å²) in [6.07, 6.45) is -0.0561. The molecule has 0 radical (unpaired) electrons. The maximum absolute atomic E-state index is 12.7. The van der Waals surface area contributed by atoms with Gasteiger partial charge in [-0.1, -0.05) is 46.4 Å². The van der Waals surface area contributed by atoms with Crippen LogP contribution in [0.5, 0.6) is 17.2 Å². The van der Waals surface area contributed by atoms with E-state index < -0.39 is 66.4 Å². The number of phenolic OH excluding ortho intramolecular Hbond substituents is 3. The third kappa shape index (κ3) is 2.85. The summed E-state index contributed by atoms with van der Waals surface area (Å²) in [5.41, 5.74) is -1.68. The van der Waals surface area contributed by atoms with Crippen LogP contribution in [-0.4, -0.2) is 41.0 Å². The average molecular weight is 641 g/mol. The van der Waals surface area contributed by atoms with Crippen LogP contribution < -0.4 is 5.43 Å². The second-order valence-corrected chi connectivity index (χ2v) is 13.2. The van der Waals surface area contributed by atoms with E-state index in [1.807, 2.05) is 0 Å². The Morgan fingerprint density at radius 1 is 1.03 bits per heavy atom. The fourth-order valence-electron chi connectivity index (χ4n) is 6.83. The first kappa shape index (κ1) is 26.5. The maximum Gasteiger partial charge on any atom is 0.307 e. The molecule has 200 valence electrons. The Hall–Kier alpha value is -1.74. The number of aliphatic carboxylic acids is 1. The zero-order chi connectivity index (χ0) is 27.7. The van der Waals surface area contributed by atoms with Crippen molar-refractivity contribution < 1.29 is 29.6 Å². The number of halogens is 6. The Morgan fingerprint density at radius 3 is 2.37 bits per heavy atom. The molecule has 0 aromatic heterocycles. The highest BCUT2D eigenvalue weighted by molar-refractivity contribution is 6.61. The predicted octanol–water partition coefficient (Wildman–Crippen LogP) is 6.67. The van der Waals surface area contributed by atoms with Gasteiger partial charge in [0.05, 0.1) is 21.4 Å². The van der Waals surface area contributed by atoms with Gasteiger partial charge < -0.3 is 24.8 Å². The van der Waals surface area contributed by atoms with Gasteiger partial charge in [-0.05, 0) is 54.5 Å². The lowest BCUT2D eigenvalue weighted by atomic mass is 9.40. The van der Waals surface area contributed by atoms with Crippen molar-refractivity contribution in [3.63, 3.8) is 0 Å². The van der Waals surface area contributed by atoms with E-state index in [4.69, 9.17) is 74.0 Å². The highest BCUT2D eigenvalue weighted by atomic mass is 35.5. The number of carboxylic acids is 1. The van der Waals surface area contributed by atoms with Crippen molar-refractivity contribution in [3.8, 4) is 28.6 Å². The van der Waals surface area contributed by atoms with Crippen molar-refractivity contribution in [2.75, 3.05) is 0 Å². The van der Waals surface area contributed by atoms with Crippen LogP contribution in [0.25, 0.3) is 22.3 Å². The van der Waals surface area contributed by atoms with Crippen LogP contribution in [0.3, 0.4) is 0 Å². The lowest BCUT2D eigenvalue weighted by molar-refractivity contribution is -0.152. The van der Waals surface area contributed by atoms with E-state index in [1.54, 1.807) is 0 Å². The number of hydrogen-bond acceptors (Lipinski definition) is 6. The zero-order valence-corrected chi connectivity index (χ0v) is 23.3. The second kappa shape index (κ2) is 8.15. The monoisotopic (exact) mass is 638 g/mol. The van der Waals surface area contributed by atoms with Gasteiger partial charge in [-0.3, -0.25) is 9.59 Å². The first-order chi connectivity index (χ1) is 17.7. The lowest BCUT2D eigenvalue weighted by Gasteiger charge is -2.75. The third-order valence-corrected chi connectivity index (χ3v) is 12.6. The van der Waals surface area contributed by atoms with E-state index in [1.165, 1.54) is 18.2 Å². The number of aromatic hydroxyl groups is 3. The summed E-state index contributed by atoms with van der Waals surface area (Å²) in [5.74, 6) is -5.99. The number of carbonyl (C=O) groups is 1.